The van der Waals surface area contributed by atoms with Crippen LogP contribution in [0.5, 0.6) is 11.5 Å². The lowest BCUT2D eigenvalue weighted by molar-refractivity contribution is 0.252. The number of fused-ring (bicyclic) bond motifs is 1. The molecule has 2 amide bonds. The maximum atomic E-state index is 12.1. The number of rotatable bonds is 8. The lowest BCUT2D eigenvalue weighted by atomic mass is 10.2. The van der Waals surface area contributed by atoms with Gasteiger partial charge in [-0.3, -0.25) is 4.79 Å². The summed E-state index contributed by atoms with van der Waals surface area (Å²) in [4.78, 5) is 23.9. The highest BCUT2D eigenvalue weighted by Gasteiger charge is 2.09. The second-order valence-electron chi connectivity index (χ2n) is 6.17. The van der Waals surface area contributed by atoms with Gasteiger partial charge in [0, 0.05) is 24.5 Å². The number of aromatic amines is 1. The number of H-pyrrole nitrogens is 1. The smallest absolute Gasteiger partial charge is 0.319 e. The predicted molar refractivity (Wildman–Crippen MR) is 112 cm³/mol. The molecule has 1 heterocycles. The van der Waals surface area contributed by atoms with Gasteiger partial charge in [0.15, 0.2) is 5.82 Å². The van der Waals surface area contributed by atoms with E-state index in [0.717, 1.165) is 5.39 Å². The van der Waals surface area contributed by atoms with E-state index in [2.05, 4.69) is 26.1 Å². The summed E-state index contributed by atoms with van der Waals surface area (Å²) in [5, 5.41) is 16.6. The van der Waals surface area contributed by atoms with Crippen LogP contribution in [0.3, 0.4) is 0 Å². The molecule has 4 N–H and O–H groups in total. The van der Waals surface area contributed by atoms with Gasteiger partial charge in [-0.15, -0.1) is 0 Å². The number of benzene rings is 2. The number of nitrogens with zero attached hydrogens (tertiary/aromatic N) is 1. The topological polar surface area (TPSA) is 117 Å². The van der Waals surface area contributed by atoms with Crippen LogP contribution in [0.1, 0.15) is 6.42 Å². The Labute approximate surface area is 167 Å². The molecule has 0 saturated heterocycles. The fourth-order valence-corrected chi connectivity index (χ4v) is 2.82. The van der Waals surface area contributed by atoms with Crippen molar-refractivity contribution in [1.29, 1.82) is 0 Å². The number of carbonyl (C=O) groups excluding carboxylic acids is 1. The van der Waals surface area contributed by atoms with Crippen LogP contribution in [0.4, 0.5) is 16.3 Å². The van der Waals surface area contributed by atoms with E-state index < -0.39 is 0 Å². The van der Waals surface area contributed by atoms with Gasteiger partial charge in [-0.25, -0.2) is 9.89 Å². The Kier molecular flexibility index (Phi) is 6.51. The molecular weight excluding hydrogens is 374 g/mol. The van der Waals surface area contributed by atoms with Gasteiger partial charge in [-0.2, -0.15) is 5.10 Å². The number of anilines is 2. The normalized spacial score (nSPS) is 10.4. The van der Waals surface area contributed by atoms with Gasteiger partial charge in [0.2, 0.25) is 0 Å². The molecule has 3 aromatic rings. The van der Waals surface area contributed by atoms with Crippen molar-refractivity contribution in [2.75, 3.05) is 37.9 Å². The first kappa shape index (κ1) is 20.0. The molecule has 0 fully saturated rings. The first-order valence-corrected chi connectivity index (χ1v) is 9.10. The average molecular weight is 397 g/mol. The first-order valence-electron chi connectivity index (χ1n) is 9.10. The largest absolute Gasteiger partial charge is 0.497 e. The third kappa shape index (κ3) is 4.95. The molecule has 0 atom stereocenters. The van der Waals surface area contributed by atoms with Crippen molar-refractivity contribution in [3.05, 3.63) is 52.8 Å². The van der Waals surface area contributed by atoms with Gasteiger partial charge in [0.25, 0.3) is 5.56 Å². The molecule has 152 valence electrons. The molecule has 0 bridgehead atoms. The van der Waals surface area contributed by atoms with Crippen LogP contribution in [0.25, 0.3) is 10.8 Å². The number of hydrogen-bond donors (Lipinski definition) is 4. The van der Waals surface area contributed by atoms with Gasteiger partial charge >= 0.3 is 6.03 Å². The number of nitrogens with one attached hydrogen (secondary N) is 4. The minimum absolute atomic E-state index is 0.225. The average Bonchev–Trinajstić information content (AvgIpc) is 2.75. The fraction of sp³-hybridized carbons (Fsp3) is 0.250. The minimum Gasteiger partial charge on any atom is -0.497 e. The lowest BCUT2D eigenvalue weighted by Crippen LogP contribution is -2.30. The summed E-state index contributed by atoms with van der Waals surface area (Å²) in [6.07, 6.45) is 0.664. The maximum absolute atomic E-state index is 12.1. The van der Waals surface area contributed by atoms with Crippen molar-refractivity contribution in [2.45, 2.75) is 6.42 Å². The van der Waals surface area contributed by atoms with E-state index in [0.29, 0.717) is 47.9 Å². The Morgan fingerprint density at radius 3 is 2.62 bits per heavy atom. The van der Waals surface area contributed by atoms with E-state index in [1.807, 2.05) is 12.1 Å². The van der Waals surface area contributed by atoms with Crippen LogP contribution in [0.15, 0.2) is 47.3 Å². The standard InChI is InChI=1S/C20H23N5O4/c1-28-13-8-9-17(29-2)16(12-13)23-20(27)22-11-5-10-21-18-14-6-3-4-7-15(14)19(26)25-24-18/h3-4,6-9,12H,5,10-11H2,1-2H3,(H,21,24)(H,25,26)(H2,22,23,27). The summed E-state index contributed by atoms with van der Waals surface area (Å²) >= 11 is 0. The predicted octanol–water partition coefficient (Wildman–Crippen LogP) is 2.56. The molecule has 0 aliphatic rings. The second kappa shape index (κ2) is 9.45. The summed E-state index contributed by atoms with van der Waals surface area (Å²) in [7, 11) is 3.09. The van der Waals surface area contributed by atoms with Crippen molar-refractivity contribution in [3.8, 4) is 11.5 Å². The van der Waals surface area contributed by atoms with Crippen LogP contribution in [0.2, 0.25) is 0 Å². The summed E-state index contributed by atoms with van der Waals surface area (Å²) in [5.74, 6) is 1.76. The van der Waals surface area contributed by atoms with Crippen molar-refractivity contribution in [3.63, 3.8) is 0 Å². The summed E-state index contributed by atoms with van der Waals surface area (Å²) in [6.45, 7) is 1.03. The molecule has 29 heavy (non-hydrogen) atoms. The van der Waals surface area contributed by atoms with Crippen molar-refractivity contribution < 1.29 is 14.3 Å². The van der Waals surface area contributed by atoms with Gasteiger partial charge in [-0.1, -0.05) is 18.2 Å². The van der Waals surface area contributed by atoms with E-state index in [4.69, 9.17) is 9.47 Å². The van der Waals surface area contributed by atoms with Crippen LogP contribution in [-0.4, -0.2) is 43.5 Å². The van der Waals surface area contributed by atoms with Crippen LogP contribution in [0, 0.1) is 0 Å². The number of hydrogen-bond acceptors (Lipinski definition) is 6. The third-order valence-electron chi connectivity index (χ3n) is 4.28. The molecule has 0 radical (unpaired) electrons. The van der Waals surface area contributed by atoms with E-state index in [1.54, 1.807) is 37.4 Å². The van der Waals surface area contributed by atoms with Crippen LogP contribution in [-0.2, 0) is 0 Å². The van der Waals surface area contributed by atoms with Gasteiger partial charge < -0.3 is 25.4 Å². The minimum atomic E-state index is -0.343. The van der Waals surface area contributed by atoms with E-state index >= 15 is 0 Å². The SMILES string of the molecule is COc1ccc(OC)c(NC(=O)NCCCNc2n[nH]c(=O)c3ccccc23)c1. The fourth-order valence-electron chi connectivity index (χ4n) is 2.82. The molecule has 0 saturated carbocycles. The van der Waals surface area contributed by atoms with Gasteiger partial charge in [0.05, 0.1) is 25.3 Å². The molecule has 9 heteroatoms. The summed E-state index contributed by atoms with van der Waals surface area (Å²) in [5.41, 5.74) is 0.295. The Bertz CT molecular complexity index is 1050. The highest BCUT2D eigenvalue weighted by molar-refractivity contribution is 5.91. The zero-order chi connectivity index (χ0) is 20.6. The van der Waals surface area contributed by atoms with E-state index in [9.17, 15) is 9.59 Å². The van der Waals surface area contributed by atoms with E-state index in [1.165, 1.54) is 7.11 Å². The second-order valence-corrected chi connectivity index (χ2v) is 6.17. The molecule has 0 spiro atoms. The number of methoxy groups -OCH3 is 2. The van der Waals surface area contributed by atoms with Crippen LogP contribution < -0.4 is 31.0 Å². The zero-order valence-corrected chi connectivity index (χ0v) is 16.2. The monoisotopic (exact) mass is 397 g/mol. The highest BCUT2D eigenvalue weighted by atomic mass is 16.5. The molecular formula is C20H23N5O4. The Morgan fingerprint density at radius 2 is 1.86 bits per heavy atom. The van der Waals surface area contributed by atoms with Gasteiger partial charge in [0.1, 0.15) is 11.5 Å². The van der Waals surface area contributed by atoms with Crippen molar-refractivity contribution in [2.24, 2.45) is 0 Å². The zero-order valence-electron chi connectivity index (χ0n) is 16.2. The molecule has 9 nitrogen and oxygen atoms in total. The highest BCUT2D eigenvalue weighted by Crippen LogP contribution is 2.28. The van der Waals surface area contributed by atoms with Crippen LogP contribution >= 0.6 is 0 Å². The Balaban J connectivity index is 1.49. The number of carbonyl (C=O) groups is 1. The molecule has 0 aliphatic carbocycles. The first-order chi connectivity index (χ1) is 14.1. The summed E-state index contributed by atoms with van der Waals surface area (Å²) < 4.78 is 10.4. The maximum Gasteiger partial charge on any atom is 0.319 e. The third-order valence-corrected chi connectivity index (χ3v) is 4.28. The molecule has 0 aliphatic heterocycles. The number of ether oxygens (including phenoxy) is 2. The number of amides is 2. The molecule has 1 aromatic heterocycles. The molecule has 2 aromatic carbocycles. The molecule has 0 unspecified atom stereocenters. The Hall–Kier alpha value is -3.75. The quantitative estimate of drug-likeness (QED) is 0.434. The number of aromatic nitrogens is 2. The van der Waals surface area contributed by atoms with E-state index in [-0.39, 0.29) is 11.6 Å². The van der Waals surface area contributed by atoms with Crippen molar-refractivity contribution in [1.82, 2.24) is 15.5 Å². The van der Waals surface area contributed by atoms with Gasteiger partial charge in [-0.05, 0) is 24.6 Å². The number of urea groups is 1. The summed E-state index contributed by atoms with van der Waals surface area (Å²) in [6, 6.07) is 12.1. The van der Waals surface area contributed by atoms with Crippen molar-refractivity contribution >= 4 is 28.3 Å². The molecule has 3 rings (SSSR count). The lowest BCUT2D eigenvalue weighted by Gasteiger charge is -2.13. The Morgan fingerprint density at radius 1 is 1.07 bits per heavy atom.